The third-order valence-corrected chi connectivity index (χ3v) is 4.00. The smallest absolute Gasteiger partial charge is 0.378 e. The first-order valence-electron chi connectivity index (χ1n) is 6.72. The van der Waals surface area contributed by atoms with Crippen molar-refractivity contribution in [2.75, 3.05) is 33.4 Å². The number of benzene rings is 1. The summed E-state index contributed by atoms with van der Waals surface area (Å²) in [6.07, 6.45) is -4.55. The van der Waals surface area contributed by atoms with Crippen molar-refractivity contribution in [1.29, 1.82) is 0 Å². The van der Waals surface area contributed by atoms with Crippen LogP contribution in [0.15, 0.2) is 28.7 Å². The molecule has 0 radical (unpaired) electrons. The van der Waals surface area contributed by atoms with Crippen LogP contribution in [0.3, 0.4) is 0 Å². The molecule has 22 heavy (non-hydrogen) atoms. The van der Waals surface area contributed by atoms with E-state index in [1.165, 1.54) is 36.2 Å². The van der Waals surface area contributed by atoms with Crippen molar-refractivity contribution in [1.82, 2.24) is 9.80 Å². The number of rotatable bonds is 2. The fourth-order valence-corrected chi connectivity index (χ4v) is 2.63. The van der Waals surface area contributed by atoms with Crippen LogP contribution in [0.1, 0.15) is 11.6 Å². The minimum atomic E-state index is -4.55. The Morgan fingerprint density at radius 3 is 2.32 bits per heavy atom. The first-order valence-corrected chi connectivity index (χ1v) is 7.51. The summed E-state index contributed by atoms with van der Waals surface area (Å²) in [5.41, 5.74) is 0.0276. The first kappa shape index (κ1) is 17.1. The van der Waals surface area contributed by atoms with Gasteiger partial charge in [0.25, 0.3) is 0 Å². The highest BCUT2D eigenvalue weighted by molar-refractivity contribution is 9.10. The van der Waals surface area contributed by atoms with Gasteiger partial charge in [-0.15, -0.1) is 0 Å². The topological polar surface area (TPSA) is 32.8 Å². The van der Waals surface area contributed by atoms with Crippen LogP contribution in [0.5, 0.6) is 0 Å². The molecule has 2 rings (SSSR count). The van der Waals surface area contributed by atoms with E-state index >= 15 is 0 Å². The number of morpholine rings is 1. The molecule has 0 bridgehead atoms. The van der Waals surface area contributed by atoms with E-state index in [0.29, 0.717) is 30.8 Å². The molecule has 8 heteroatoms. The van der Waals surface area contributed by atoms with Gasteiger partial charge in [-0.2, -0.15) is 13.2 Å². The van der Waals surface area contributed by atoms with E-state index in [0.717, 1.165) is 4.90 Å². The highest BCUT2D eigenvalue weighted by Crippen LogP contribution is 2.37. The van der Waals surface area contributed by atoms with Gasteiger partial charge in [-0.25, -0.2) is 4.79 Å². The lowest BCUT2D eigenvalue weighted by Gasteiger charge is -2.36. The fourth-order valence-electron chi connectivity index (χ4n) is 2.37. The summed E-state index contributed by atoms with van der Waals surface area (Å²) in [4.78, 5) is 14.4. The number of carbonyl (C=O) groups is 1. The molecule has 1 aromatic rings. The van der Waals surface area contributed by atoms with Crippen molar-refractivity contribution in [2.24, 2.45) is 0 Å². The normalized spacial score (nSPS) is 17.2. The summed E-state index contributed by atoms with van der Waals surface area (Å²) < 4.78 is 46.1. The number of halogens is 4. The second kappa shape index (κ2) is 6.87. The van der Waals surface area contributed by atoms with Crippen molar-refractivity contribution in [3.05, 3.63) is 34.3 Å². The van der Waals surface area contributed by atoms with Crippen molar-refractivity contribution in [2.45, 2.75) is 12.2 Å². The molecule has 0 N–H and O–H groups in total. The van der Waals surface area contributed by atoms with Gasteiger partial charge in [-0.05, 0) is 17.7 Å². The predicted octanol–water partition coefficient (Wildman–Crippen LogP) is 3.44. The molecule has 1 saturated heterocycles. The number of hydrogen-bond donors (Lipinski definition) is 0. The van der Waals surface area contributed by atoms with Crippen LogP contribution in [0.4, 0.5) is 18.0 Å². The molecule has 0 spiro atoms. The number of ether oxygens (including phenoxy) is 1. The highest BCUT2D eigenvalue weighted by atomic mass is 79.9. The first-order chi connectivity index (χ1) is 10.3. The average Bonchev–Trinajstić information content (AvgIpc) is 2.48. The van der Waals surface area contributed by atoms with Gasteiger partial charge in [0.15, 0.2) is 6.04 Å². The van der Waals surface area contributed by atoms with Crippen LogP contribution in [-0.2, 0) is 4.74 Å². The number of alkyl halides is 3. The molecule has 1 atom stereocenters. The van der Waals surface area contributed by atoms with E-state index in [2.05, 4.69) is 15.9 Å². The molecule has 1 aliphatic rings. The van der Waals surface area contributed by atoms with Gasteiger partial charge < -0.3 is 14.5 Å². The summed E-state index contributed by atoms with van der Waals surface area (Å²) in [5.74, 6) is 0. The molecule has 0 saturated carbocycles. The van der Waals surface area contributed by atoms with Crippen molar-refractivity contribution < 1.29 is 22.7 Å². The van der Waals surface area contributed by atoms with Crippen molar-refractivity contribution in [3.8, 4) is 0 Å². The zero-order valence-corrected chi connectivity index (χ0v) is 13.5. The monoisotopic (exact) mass is 380 g/mol. The summed E-state index contributed by atoms with van der Waals surface area (Å²) >= 11 is 3.19. The molecule has 1 heterocycles. The quantitative estimate of drug-likeness (QED) is 0.787. The Morgan fingerprint density at radius 1 is 1.27 bits per heavy atom. The van der Waals surface area contributed by atoms with Crippen LogP contribution < -0.4 is 0 Å². The van der Waals surface area contributed by atoms with E-state index in [1.54, 1.807) is 0 Å². The molecular formula is C14H16BrF3N2O2. The fraction of sp³-hybridized carbons (Fsp3) is 0.500. The van der Waals surface area contributed by atoms with Crippen LogP contribution in [0.25, 0.3) is 0 Å². The van der Waals surface area contributed by atoms with Crippen LogP contribution >= 0.6 is 15.9 Å². The van der Waals surface area contributed by atoms with Gasteiger partial charge in [0.1, 0.15) is 0 Å². The van der Waals surface area contributed by atoms with E-state index in [-0.39, 0.29) is 5.56 Å². The van der Waals surface area contributed by atoms with Crippen molar-refractivity contribution in [3.63, 3.8) is 0 Å². The molecule has 0 aromatic heterocycles. The number of urea groups is 1. The highest BCUT2D eigenvalue weighted by Gasteiger charge is 2.46. The SMILES string of the molecule is CN(C(=O)N1CCOCC1)[C@@H](c1ccc(Br)cc1)C(F)(F)F. The van der Waals surface area contributed by atoms with Gasteiger partial charge in [-0.1, -0.05) is 28.1 Å². The molecule has 0 aliphatic carbocycles. The summed E-state index contributed by atoms with van der Waals surface area (Å²) in [6.45, 7) is 1.28. The Bertz CT molecular complexity index is 516. The molecule has 4 nitrogen and oxygen atoms in total. The van der Waals surface area contributed by atoms with Crippen LogP contribution in [0.2, 0.25) is 0 Å². The third-order valence-electron chi connectivity index (χ3n) is 3.47. The second-order valence-corrected chi connectivity index (χ2v) is 5.90. The number of nitrogens with zero attached hydrogens (tertiary/aromatic N) is 2. The van der Waals surface area contributed by atoms with E-state index in [9.17, 15) is 18.0 Å². The van der Waals surface area contributed by atoms with Gasteiger partial charge in [0.2, 0.25) is 0 Å². The lowest BCUT2D eigenvalue weighted by Crippen LogP contribution is -2.50. The number of hydrogen-bond acceptors (Lipinski definition) is 2. The molecule has 1 aromatic carbocycles. The minimum absolute atomic E-state index is 0.0276. The maximum absolute atomic E-state index is 13.4. The molecule has 2 amide bonds. The van der Waals surface area contributed by atoms with Gasteiger partial charge in [0, 0.05) is 24.6 Å². The Morgan fingerprint density at radius 2 is 1.82 bits per heavy atom. The summed E-state index contributed by atoms with van der Waals surface area (Å²) in [6, 6.07) is 3.17. The average molecular weight is 381 g/mol. The Balaban J connectivity index is 2.24. The molecule has 0 unspecified atom stereocenters. The van der Waals surface area contributed by atoms with Crippen LogP contribution in [0, 0.1) is 0 Å². The minimum Gasteiger partial charge on any atom is -0.378 e. The largest absolute Gasteiger partial charge is 0.413 e. The van der Waals surface area contributed by atoms with Crippen molar-refractivity contribution >= 4 is 22.0 Å². The Labute approximate surface area is 135 Å². The van der Waals surface area contributed by atoms with E-state index in [4.69, 9.17) is 4.74 Å². The van der Waals surface area contributed by atoms with Gasteiger partial charge >= 0.3 is 12.2 Å². The Kier molecular flexibility index (Phi) is 5.33. The molecule has 122 valence electrons. The van der Waals surface area contributed by atoms with E-state index in [1.807, 2.05) is 0 Å². The standard InChI is InChI=1S/C14H16BrF3N2O2/c1-19(13(21)20-6-8-22-9-7-20)12(14(16,17)18)10-2-4-11(15)5-3-10/h2-5,12H,6-9H2,1H3/t12-/m0/s1. The second-order valence-electron chi connectivity index (χ2n) is 4.99. The summed E-state index contributed by atoms with van der Waals surface area (Å²) in [5, 5.41) is 0. The maximum atomic E-state index is 13.4. The predicted molar refractivity (Wildman–Crippen MR) is 78.5 cm³/mol. The molecule has 1 aliphatic heterocycles. The zero-order valence-electron chi connectivity index (χ0n) is 11.9. The number of amides is 2. The zero-order chi connectivity index (χ0) is 16.3. The lowest BCUT2D eigenvalue weighted by molar-refractivity contribution is -0.177. The Hall–Kier alpha value is -1.28. The molecular weight excluding hydrogens is 365 g/mol. The third kappa shape index (κ3) is 3.92. The van der Waals surface area contributed by atoms with Gasteiger partial charge in [0.05, 0.1) is 13.2 Å². The lowest BCUT2D eigenvalue weighted by atomic mass is 10.1. The summed E-state index contributed by atoms with van der Waals surface area (Å²) in [7, 11) is 1.18. The van der Waals surface area contributed by atoms with E-state index < -0.39 is 18.2 Å². The maximum Gasteiger partial charge on any atom is 0.413 e. The number of carbonyl (C=O) groups excluding carboxylic acids is 1. The van der Waals surface area contributed by atoms with Gasteiger partial charge in [-0.3, -0.25) is 0 Å². The molecule has 1 fully saturated rings. The van der Waals surface area contributed by atoms with Crippen LogP contribution in [-0.4, -0.2) is 55.4 Å².